The third-order valence-corrected chi connectivity index (χ3v) is 5.80. The number of aromatic nitrogens is 2. The molecule has 0 atom stereocenters. The molecule has 0 spiro atoms. The molecule has 186 valence electrons. The van der Waals surface area contributed by atoms with Crippen LogP contribution in [0.5, 0.6) is 11.5 Å². The fourth-order valence-corrected chi connectivity index (χ4v) is 3.99. The molecule has 0 bridgehead atoms. The molecule has 1 aromatic heterocycles. The van der Waals surface area contributed by atoms with E-state index in [2.05, 4.69) is 25.1 Å². The van der Waals surface area contributed by atoms with E-state index in [1.54, 1.807) is 18.2 Å². The van der Waals surface area contributed by atoms with Crippen LogP contribution >= 0.6 is 0 Å². The number of carboxylic acids is 1. The van der Waals surface area contributed by atoms with Crippen molar-refractivity contribution in [3.05, 3.63) is 90.0 Å². The largest absolute Gasteiger partial charge is 0.494 e. The Hall–Kier alpha value is -4.06. The van der Waals surface area contributed by atoms with Gasteiger partial charge >= 0.3 is 5.97 Å². The highest BCUT2D eigenvalue weighted by atomic mass is 16.5. The Bertz CT molecular complexity index is 1300. The second-order valence-electron chi connectivity index (χ2n) is 8.61. The van der Waals surface area contributed by atoms with Gasteiger partial charge in [0.25, 0.3) is 0 Å². The van der Waals surface area contributed by atoms with E-state index in [1.807, 2.05) is 54.1 Å². The molecule has 3 aromatic carbocycles. The fraction of sp³-hybridized carbons (Fsp3) is 0.267. The van der Waals surface area contributed by atoms with Gasteiger partial charge in [0.2, 0.25) is 0 Å². The number of carboxylic acid groups (broad SMARTS) is 1. The quantitative estimate of drug-likeness (QED) is 0.241. The molecule has 0 unspecified atom stereocenters. The highest BCUT2D eigenvalue weighted by molar-refractivity contribution is 5.89. The second-order valence-corrected chi connectivity index (χ2v) is 8.61. The van der Waals surface area contributed by atoms with Gasteiger partial charge in [-0.15, -0.1) is 0 Å². The van der Waals surface area contributed by atoms with Gasteiger partial charge in [-0.3, -0.25) is 4.68 Å². The van der Waals surface area contributed by atoms with E-state index in [9.17, 15) is 9.90 Å². The summed E-state index contributed by atoms with van der Waals surface area (Å²) in [4.78, 5) is 11.6. The second kappa shape index (κ2) is 12.1. The van der Waals surface area contributed by atoms with Crippen LogP contribution in [0, 0.1) is 0 Å². The molecular formula is C30H32N2O4. The van der Waals surface area contributed by atoms with E-state index in [-0.39, 0.29) is 5.56 Å². The van der Waals surface area contributed by atoms with E-state index in [1.165, 1.54) is 5.56 Å². The highest BCUT2D eigenvalue weighted by Crippen LogP contribution is 2.34. The lowest BCUT2D eigenvalue weighted by molar-refractivity contribution is 0.0696. The Morgan fingerprint density at radius 1 is 0.889 bits per heavy atom. The first-order valence-electron chi connectivity index (χ1n) is 12.4. The molecule has 4 aromatic rings. The number of benzene rings is 3. The molecule has 1 N–H and O–H groups in total. The molecule has 0 saturated heterocycles. The molecular weight excluding hydrogens is 452 g/mol. The van der Waals surface area contributed by atoms with Crippen LogP contribution in [0.3, 0.4) is 0 Å². The molecule has 4 rings (SSSR count). The van der Waals surface area contributed by atoms with Crippen molar-refractivity contribution in [3.63, 3.8) is 0 Å². The third-order valence-electron chi connectivity index (χ3n) is 5.80. The summed E-state index contributed by atoms with van der Waals surface area (Å²) in [7, 11) is 0. The summed E-state index contributed by atoms with van der Waals surface area (Å²) in [6.45, 7) is 5.95. The maximum Gasteiger partial charge on any atom is 0.335 e. The molecule has 0 amide bonds. The van der Waals surface area contributed by atoms with Crippen LogP contribution in [-0.4, -0.2) is 34.1 Å². The summed E-state index contributed by atoms with van der Waals surface area (Å²) >= 11 is 0. The van der Waals surface area contributed by atoms with Crippen LogP contribution in [0.15, 0.2) is 78.9 Å². The van der Waals surface area contributed by atoms with Gasteiger partial charge in [-0.25, -0.2) is 4.79 Å². The van der Waals surface area contributed by atoms with Crippen molar-refractivity contribution < 1.29 is 19.4 Å². The van der Waals surface area contributed by atoms with Crippen molar-refractivity contribution in [2.75, 3.05) is 13.2 Å². The maximum absolute atomic E-state index is 11.6. The topological polar surface area (TPSA) is 73.6 Å². The van der Waals surface area contributed by atoms with Gasteiger partial charge < -0.3 is 14.6 Å². The average molecular weight is 485 g/mol. The first kappa shape index (κ1) is 25.0. The van der Waals surface area contributed by atoms with Crippen molar-refractivity contribution in [2.24, 2.45) is 0 Å². The standard InChI is InChI=1S/C30H32N2O4/c1-3-17-35-25-12-8-11-23(19-25)28-21-27(31-32(28)16-15-22-9-6-5-7-10-22)26-14-13-24(30(33)34)20-29(26)36-18-4-2/h5-14,19-21H,3-4,15-18H2,1-2H3,(H,33,34). The SMILES string of the molecule is CCCOc1cccc(-c2cc(-c3ccc(C(=O)O)cc3OCCC)nn2CCc2ccccc2)c1. The molecule has 0 saturated carbocycles. The number of hydrogen-bond acceptors (Lipinski definition) is 4. The van der Waals surface area contributed by atoms with Crippen molar-refractivity contribution in [1.82, 2.24) is 9.78 Å². The molecule has 1 heterocycles. The fourth-order valence-electron chi connectivity index (χ4n) is 3.99. The lowest BCUT2D eigenvalue weighted by Crippen LogP contribution is -2.06. The number of carbonyl (C=O) groups is 1. The smallest absolute Gasteiger partial charge is 0.335 e. The van der Waals surface area contributed by atoms with Gasteiger partial charge in [0, 0.05) is 17.7 Å². The third kappa shape index (κ3) is 6.13. The maximum atomic E-state index is 11.6. The number of hydrogen-bond donors (Lipinski definition) is 1. The van der Waals surface area contributed by atoms with E-state index in [0.717, 1.165) is 47.5 Å². The number of nitrogens with zero attached hydrogens (tertiary/aromatic N) is 2. The average Bonchev–Trinajstić information content (AvgIpc) is 3.34. The first-order valence-corrected chi connectivity index (χ1v) is 12.4. The van der Waals surface area contributed by atoms with E-state index < -0.39 is 5.97 Å². The van der Waals surface area contributed by atoms with Gasteiger partial charge in [0.15, 0.2) is 0 Å². The predicted octanol–water partition coefficient (Wildman–Crippen LogP) is 6.74. The van der Waals surface area contributed by atoms with Crippen molar-refractivity contribution in [1.29, 1.82) is 0 Å². The van der Waals surface area contributed by atoms with Crippen molar-refractivity contribution in [3.8, 4) is 34.0 Å². The van der Waals surface area contributed by atoms with Crippen LogP contribution in [-0.2, 0) is 13.0 Å². The monoisotopic (exact) mass is 484 g/mol. The number of ether oxygens (including phenoxy) is 2. The lowest BCUT2D eigenvalue weighted by atomic mass is 10.1. The summed E-state index contributed by atoms with van der Waals surface area (Å²) < 4.78 is 13.8. The van der Waals surface area contributed by atoms with Crippen molar-refractivity contribution in [2.45, 2.75) is 39.7 Å². The minimum Gasteiger partial charge on any atom is -0.494 e. The molecule has 0 aliphatic heterocycles. The van der Waals surface area contributed by atoms with Gasteiger partial charge in [-0.05, 0) is 61.2 Å². The van der Waals surface area contributed by atoms with E-state index in [0.29, 0.717) is 25.5 Å². The first-order chi connectivity index (χ1) is 17.6. The van der Waals surface area contributed by atoms with Crippen molar-refractivity contribution >= 4 is 5.97 Å². The summed E-state index contributed by atoms with van der Waals surface area (Å²) in [6.07, 6.45) is 2.59. The Balaban J connectivity index is 1.75. The Morgan fingerprint density at radius 2 is 1.67 bits per heavy atom. The zero-order chi connectivity index (χ0) is 25.3. The molecule has 0 radical (unpaired) electrons. The molecule has 36 heavy (non-hydrogen) atoms. The molecule has 0 fully saturated rings. The molecule has 0 aliphatic carbocycles. The lowest BCUT2D eigenvalue weighted by Gasteiger charge is -2.10. The van der Waals surface area contributed by atoms with E-state index >= 15 is 0 Å². The zero-order valence-corrected chi connectivity index (χ0v) is 20.8. The van der Waals surface area contributed by atoms with E-state index in [4.69, 9.17) is 14.6 Å². The Morgan fingerprint density at radius 3 is 2.42 bits per heavy atom. The van der Waals surface area contributed by atoms with Crippen LogP contribution < -0.4 is 9.47 Å². The normalized spacial score (nSPS) is 10.8. The number of aromatic carboxylic acids is 1. The van der Waals surface area contributed by atoms with Crippen LogP contribution in [0.25, 0.3) is 22.5 Å². The minimum atomic E-state index is -0.985. The summed E-state index contributed by atoms with van der Waals surface area (Å²) in [6, 6.07) is 25.4. The summed E-state index contributed by atoms with van der Waals surface area (Å²) in [5.41, 5.74) is 4.90. The van der Waals surface area contributed by atoms with Crippen LogP contribution in [0.1, 0.15) is 42.6 Å². The molecule has 6 heteroatoms. The highest BCUT2D eigenvalue weighted by Gasteiger charge is 2.17. The number of rotatable bonds is 12. The van der Waals surface area contributed by atoms with Gasteiger partial charge in [0.1, 0.15) is 11.5 Å². The van der Waals surface area contributed by atoms with Gasteiger partial charge in [-0.1, -0.05) is 56.3 Å². The van der Waals surface area contributed by atoms with Crippen LogP contribution in [0.2, 0.25) is 0 Å². The Labute approximate surface area is 212 Å². The molecule has 0 aliphatic rings. The van der Waals surface area contributed by atoms with Gasteiger partial charge in [-0.2, -0.15) is 5.10 Å². The molecule has 6 nitrogen and oxygen atoms in total. The summed E-state index contributed by atoms with van der Waals surface area (Å²) in [5.74, 6) is 0.362. The predicted molar refractivity (Wildman–Crippen MR) is 142 cm³/mol. The summed E-state index contributed by atoms with van der Waals surface area (Å²) in [5, 5.41) is 14.4. The van der Waals surface area contributed by atoms with Crippen LogP contribution in [0.4, 0.5) is 0 Å². The minimum absolute atomic E-state index is 0.189. The number of aryl methyl sites for hydroxylation is 2. The Kier molecular flexibility index (Phi) is 8.40. The van der Waals surface area contributed by atoms with Gasteiger partial charge in [0.05, 0.1) is 30.2 Å². The zero-order valence-electron chi connectivity index (χ0n) is 20.8.